The molecule has 1 aromatic heterocycles. The fourth-order valence-electron chi connectivity index (χ4n) is 3.79. The minimum Gasteiger partial charge on any atom is -0.349 e. The first-order valence-electron chi connectivity index (χ1n) is 9.31. The average molecular weight is 373 g/mol. The second-order valence-corrected chi connectivity index (χ2v) is 9.26. The van der Waals surface area contributed by atoms with Crippen LogP contribution in [0.5, 0.6) is 0 Å². The zero-order valence-corrected chi connectivity index (χ0v) is 16.9. The molecule has 1 N–H and O–H groups in total. The summed E-state index contributed by atoms with van der Waals surface area (Å²) in [5.41, 5.74) is 3.73. The summed E-state index contributed by atoms with van der Waals surface area (Å²) in [6.45, 7) is 8.88. The van der Waals surface area contributed by atoms with Crippen LogP contribution in [0.3, 0.4) is 0 Å². The number of amides is 1. The van der Waals surface area contributed by atoms with E-state index in [4.69, 9.17) is 0 Å². The smallest absolute Gasteiger partial charge is 0.307 e. The summed E-state index contributed by atoms with van der Waals surface area (Å²) >= 11 is 1.25. The Kier molecular flexibility index (Phi) is 5.37. The van der Waals surface area contributed by atoms with Crippen LogP contribution in [0.15, 0.2) is 29.1 Å². The van der Waals surface area contributed by atoms with E-state index in [2.05, 4.69) is 37.4 Å². The molecule has 1 atom stereocenters. The molecule has 1 unspecified atom stereocenters. The highest BCUT2D eigenvalue weighted by Crippen LogP contribution is 2.39. The van der Waals surface area contributed by atoms with E-state index in [1.807, 2.05) is 19.9 Å². The summed E-state index contributed by atoms with van der Waals surface area (Å²) in [6.07, 6.45) is 3.44. The number of fused-ring (bicyclic) bond motifs is 1. The highest BCUT2D eigenvalue weighted by molar-refractivity contribution is 7.09. The Balaban J connectivity index is 1.72. The molecule has 5 heteroatoms. The van der Waals surface area contributed by atoms with Gasteiger partial charge in [0.2, 0.25) is 5.91 Å². The van der Waals surface area contributed by atoms with Crippen molar-refractivity contribution >= 4 is 17.2 Å². The third-order valence-electron chi connectivity index (χ3n) is 5.53. The molecular weight excluding hydrogens is 344 g/mol. The lowest BCUT2D eigenvalue weighted by molar-refractivity contribution is -0.122. The first kappa shape index (κ1) is 18.9. The van der Waals surface area contributed by atoms with Gasteiger partial charge in [-0.05, 0) is 49.7 Å². The predicted octanol–water partition coefficient (Wildman–Crippen LogP) is 4.14. The first-order chi connectivity index (χ1) is 12.3. The van der Waals surface area contributed by atoms with E-state index in [-0.39, 0.29) is 22.2 Å². The molecule has 4 nitrogen and oxygen atoms in total. The van der Waals surface area contributed by atoms with Crippen molar-refractivity contribution in [2.24, 2.45) is 5.41 Å². The van der Waals surface area contributed by atoms with Gasteiger partial charge in [-0.15, -0.1) is 0 Å². The van der Waals surface area contributed by atoms with Gasteiger partial charge in [-0.25, -0.2) is 0 Å². The molecule has 1 amide bonds. The third-order valence-corrected chi connectivity index (χ3v) is 6.53. The van der Waals surface area contributed by atoms with Crippen molar-refractivity contribution in [2.45, 2.75) is 66.0 Å². The number of nitrogens with one attached hydrogen (secondary N) is 1. The molecule has 1 aromatic carbocycles. The molecule has 0 bridgehead atoms. The number of aryl methyl sites for hydroxylation is 2. The zero-order valence-electron chi connectivity index (χ0n) is 16.1. The van der Waals surface area contributed by atoms with Crippen LogP contribution in [0.1, 0.15) is 60.8 Å². The molecule has 3 rings (SSSR count). The van der Waals surface area contributed by atoms with Crippen LogP contribution in [-0.2, 0) is 17.8 Å². The monoisotopic (exact) mass is 372 g/mol. The number of benzene rings is 1. The van der Waals surface area contributed by atoms with Gasteiger partial charge < -0.3 is 9.88 Å². The highest BCUT2D eigenvalue weighted by Gasteiger charge is 2.30. The largest absolute Gasteiger partial charge is 0.349 e. The number of carbonyl (C=O) groups is 1. The Morgan fingerprint density at radius 1 is 1.31 bits per heavy atom. The Bertz CT molecular complexity index is 863. The second kappa shape index (κ2) is 7.39. The molecule has 26 heavy (non-hydrogen) atoms. The van der Waals surface area contributed by atoms with Gasteiger partial charge in [-0.1, -0.05) is 49.4 Å². The maximum Gasteiger partial charge on any atom is 0.307 e. The van der Waals surface area contributed by atoms with E-state index < -0.39 is 0 Å². The van der Waals surface area contributed by atoms with Crippen LogP contribution < -0.4 is 10.2 Å². The van der Waals surface area contributed by atoms with Gasteiger partial charge in [-0.2, -0.15) is 0 Å². The van der Waals surface area contributed by atoms with E-state index in [1.165, 1.54) is 22.5 Å². The normalized spacial score (nSPS) is 18.8. The summed E-state index contributed by atoms with van der Waals surface area (Å²) in [6, 6.07) is 8.47. The fourth-order valence-corrected chi connectivity index (χ4v) is 4.65. The number of aromatic nitrogens is 1. The van der Waals surface area contributed by atoms with Gasteiger partial charge in [0.1, 0.15) is 0 Å². The molecule has 2 aromatic rings. The highest BCUT2D eigenvalue weighted by atomic mass is 32.1. The molecule has 1 aliphatic carbocycles. The van der Waals surface area contributed by atoms with E-state index in [1.54, 1.807) is 4.57 Å². The number of nitrogens with zero attached hydrogens (tertiary/aromatic N) is 1. The van der Waals surface area contributed by atoms with E-state index >= 15 is 0 Å². The molecule has 0 saturated carbocycles. The Morgan fingerprint density at radius 2 is 2.04 bits per heavy atom. The first-order valence-corrected chi connectivity index (χ1v) is 10.1. The van der Waals surface area contributed by atoms with Crippen molar-refractivity contribution in [1.29, 1.82) is 0 Å². The SMILES string of the molecule is Cc1sc(=O)n(CCC(=O)NC2CC(C)(C)CCc3ccccc32)c1C. The standard InChI is InChI=1S/C21H28N2O2S/c1-14-15(2)26-20(25)23(14)12-10-19(24)22-18-13-21(3,4)11-9-16-7-5-6-8-17(16)18/h5-8,18H,9-13H2,1-4H3,(H,22,24). The van der Waals surface area contributed by atoms with Crippen LogP contribution >= 0.6 is 11.3 Å². The van der Waals surface area contributed by atoms with Crippen LogP contribution in [0.2, 0.25) is 0 Å². The van der Waals surface area contributed by atoms with Crippen LogP contribution in [0, 0.1) is 19.3 Å². The summed E-state index contributed by atoms with van der Waals surface area (Å²) in [7, 11) is 0. The molecule has 1 heterocycles. The molecule has 1 aliphatic rings. The van der Waals surface area contributed by atoms with Crippen molar-refractivity contribution < 1.29 is 4.79 Å². The topological polar surface area (TPSA) is 51.1 Å². The van der Waals surface area contributed by atoms with Crippen molar-refractivity contribution in [1.82, 2.24) is 9.88 Å². The van der Waals surface area contributed by atoms with Crippen molar-refractivity contribution in [3.8, 4) is 0 Å². The molecule has 0 spiro atoms. The Labute approximate surface area is 159 Å². The predicted molar refractivity (Wildman–Crippen MR) is 107 cm³/mol. The molecule has 0 saturated heterocycles. The van der Waals surface area contributed by atoms with Crippen LogP contribution in [0.4, 0.5) is 0 Å². The number of rotatable bonds is 4. The van der Waals surface area contributed by atoms with Crippen LogP contribution in [-0.4, -0.2) is 10.5 Å². The summed E-state index contributed by atoms with van der Waals surface area (Å²) in [5, 5.41) is 3.24. The fraction of sp³-hybridized carbons (Fsp3) is 0.524. The van der Waals surface area contributed by atoms with E-state index in [0.29, 0.717) is 13.0 Å². The molecular formula is C21H28N2O2S. The van der Waals surface area contributed by atoms with Gasteiger partial charge in [0.25, 0.3) is 0 Å². The summed E-state index contributed by atoms with van der Waals surface area (Å²) in [5.74, 6) is 0.0117. The second-order valence-electron chi connectivity index (χ2n) is 8.10. The Hall–Kier alpha value is -1.88. The van der Waals surface area contributed by atoms with Gasteiger partial charge in [0.05, 0.1) is 6.04 Å². The minimum absolute atomic E-state index is 0.0117. The zero-order chi connectivity index (χ0) is 18.9. The number of hydrogen-bond acceptors (Lipinski definition) is 3. The van der Waals surface area contributed by atoms with Gasteiger partial charge >= 0.3 is 4.87 Å². The minimum atomic E-state index is 0.0117. The van der Waals surface area contributed by atoms with Gasteiger partial charge in [0, 0.05) is 23.5 Å². The third kappa shape index (κ3) is 4.09. The lowest BCUT2D eigenvalue weighted by atomic mass is 9.83. The Morgan fingerprint density at radius 3 is 2.73 bits per heavy atom. The quantitative estimate of drug-likeness (QED) is 0.820. The average Bonchev–Trinajstić information content (AvgIpc) is 2.74. The lowest BCUT2D eigenvalue weighted by Gasteiger charge is -2.27. The van der Waals surface area contributed by atoms with Crippen molar-refractivity contribution in [3.63, 3.8) is 0 Å². The molecule has 0 fully saturated rings. The number of carbonyl (C=O) groups excluding carboxylic acids is 1. The lowest BCUT2D eigenvalue weighted by Crippen LogP contribution is -2.32. The maximum absolute atomic E-state index is 12.6. The van der Waals surface area contributed by atoms with Crippen molar-refractivity contribution in [3.05, 3.63) is 55.6 Å². The van der Waals surface area contributed by atoms with E-state index in [0.717, 1.165) is 29.8 Å². The number of thiazole rings is 1. The molecule has 0 radical (unpaired) electrons. The van der Waals surface area contributed by atoms with Crippen molar-refractivity contribution in [2.75, 3.05) is 0 Å². The van der Waals surface area contributed by atoms with Gasteiger partial charge in [-0.3, -0.25) is 9.59 Å². The van der Waals surface area contributed by atoms with Crippen LogP contribution in [0.25, 0.3) is 0 Å². The van der Waals surface area contributed by atoms with E-state index in [9.17, 15) is 9.59 Å². The molecule has 140 valence electrons. The molecule has 0 aliphatic heterocycles. The summed E-state index contributed by atoms with van der Waals surface area (Å²) < 4.78 is 1.71. The summed E-state index contributed by atoms with van der Waals surface area (Å²) in [4.78, 5) is 25.7. The number of hydrogen-bond donors (Lipinski definition) is 1. The van der Waals surface area contributed by atoms with Gasteiger partial charge in [0.15, 0.2) is 0 Å². The maximum atomic E-state index is 12.6.